The highest BCUT2D eigenvalue weighted by atomic mass is 16.5. The summed E-state index contributed by atoms with van der Waals surface area (Å²) in [5.74, 6) is 0.726. The summed E-state index contributed by atoms with van der Waals surface area (Å²) in [5, 5.41) is 2.96. The number of nitrogens with one attached hydrogen (secondary N) is 1. The first-order chi connectivity index (χ1) is 12.1. The molecule has 0 heterocycles. The molecule has 25 heavy (non-hydrogen) atoms. The summed E-state index contributed by atoms with van der Waals surface area (Å²) in [4.78, 5) is 27.3. The first-order valence-electron chi connectivity index (χ1n) is 9.28. The van der Waals surface area contributed by atoms with Crippen LogP contribution in [0.25, 0.3) is 0 Å². The number of rotatable bonds is 10. The normalized spacial score (nSPS) is 14.7. The van der Waals surface area contributed by atoms with E-state index in [0.717, 1.165) is 43.7 Å². The maximum absolute atomic E-state index is 12.8. The van der Waals surface area contributed by atoms with Gasteiger partial charge in [-0.05, 0) is 49.8 Å². The van der Waals surface area contributed by atoms with E-state index in [1.54, 1.807) is 7.11 Å². The number of carbonyl (C=O) groups is 2. The van der Waals surface area contributed by atoms with E-state index in [2.05, 4.69) is 19.2 Å². The molecule has 0 atom stereocenters. The third kappa shape index (κ3) is 4.74. The van der Waals surface area contributed by atoms with Crippen molar-refractivity contribution in [2.45, 2.75) is 46.0 Å². The van der Waals surface area contributed by atoms with Crippen molar-refractivity contribution in [2.24, 2.45) is 5.41 Å². The fraction of sp³-hybridized carbons (Fsp3) is 0.600. The Morgan fingerprint density at radius 1 is 1.12 bits per heavy atom. The van der Waals surface area contributed by atoms with Crippen molar-refractivity contribution in [1.82, 2.24) is 10.2 Å². The molecule has 1 aliphatic rings. The van der Waals surface area contributed by atoms with Gasteiger partial charge in [0.2, 0.25) is 11.8 Å². The zero-order valence-electron chi connectivity index (χ0n) is 15.6. The van der Waals surface area contributed by atoms with E-state index in [-0.39, 0.29) is 11.8 Å². The zero-order chi connectivity index (χ0) is 18.3. The fourth-order valence-electron chi connectivity index (χ4n) is 3.10. The highest BCUT2D eigenvalue weighted by Gasteiger charge is 2.57. The summed E-state index contributed by atoms with van der Waals surface area (Å²) in [7, 11) is 1.64. The van der Waals surface area contributed by atoms with E-state index < -0.39 is 5.41 Å². The van der Waals surface area contributed by atoms with Gasteiger partial charge in [-0.3, -0.25) is 9.59 Å². The topological polar surface area (TPSA) is 58.6 Å². The quantitative estimate of drug-likeness (QED) is 0.663. The van der Waals surface area contributed by atoms with Crippen molar-refractivity contribution in [1.29, 1.82) is 0 Å². The Bertz CT molecular complexity index is 573. The molecule has 5 heteroatoms. The lowest BCUT2D eigenvalue weighted by Gasteiger charge is -2.26. The zero-order valence-corrected chi connectivity index (χ0v) is 15.6. The van der Waals surface area contributed by atoms with Crippen molar-refractivity contribution in [3.63, 3.8) is 0 Å². The third-order valence-corrected chi connectivity index (χ3v) is 4.73. The van der Waals surface area contributed by atoms with Crippen molar-refractivity contribution < 1.29 is 14.3 Å². The number of amides is 2. The first-order valence-corrected chi connectivity index (χ1v) is 9.28. The van der Waals surface area contributed by atoms with Gasteiger partial charge in [-0.2, -0.15) is 0 Å². The van der Waals surface area contributed by atoms with Crippen LogP contribution < -0.4 is 10.1 Å². The summed E-state index contributed by atoms with van der Waals surface area (Å²) >= 11 is 0. The third-order valence-electron chi connectivity index (χ3n) is 4.73. The van der Waals surface area contributed by atoms with Gasteiger partial charge in [0.05, 0.1) is 7.11 Å². The summed E-state index contributed by atoms with van der Waals surface area (Å²) in [5.41, 5.74) is 0.334. The Morgan fingerprint density at radius 2 is 1.72 bits per heavy atom. The van der Waals surface area contributed by atoms with Crippen molar-refractivity contribution >= 4 is 11.8 Å². The van der Waals surface area contributed by atoms with E-state index in [0.29, 0.717) is 19.4 Å². The summed E-state index contributed by atoms with van der Waals surface area (Å²) in [6.45, 7) is 6.12. The Morgan fingerprint density at radius 3 is 2.20 bits per heavy atom. The van der Waals surface area contributed by atoms with Crippen LogP contribution in [-0.2, 0) is 16.0 Å². The van der Waals surface area contributed by atoms with Crippen molar-refractivity contribution in [3.05, 3.63) is 29.8 Å². The molecule has 1 N–H and O–H groups in total. The van der Waals surface area contributed by atoms with Gasteiger partial charge in [0, 0.05) is 19.6 Å². The molecular weight excluding hydrogens is 316 g/mol. The highest BCUT2D eigenvalue weighted by molar-refractivity contribution is 6.07. The van der Waals surface area contributed by atoms with Crippen molar-refractivity contribution in [3.8, 4) is 5.75 Å². The minimum absolute atomic E-state index is 0.0122. The summed E-state index contributed by atoms with van der Waals surface area (Å²) in [6.07, 6.45) is 3.92. The molecule has 0 radical (unpaired) electrons. The average molecular weight is 346 g/mol. The predicted octanol–water partition coefficient (Wildman–Crippen LogP) is 2.78. The van der Waals surface area contributed by atoms with E-state index in [4.69, 9.17) is 4.74 Å². The predicted molar refractivity (Wildman–Crippen MR) is 98.5 cm³/mol. The monoisotopic (exact) mass is 346 g/mol. The molecular formula is C20H30N2O3. The van der Waals surface area contributed by atoms with Crippen LogP contribution in [0.2, 0.25) is 0 Å². The van der Waals surface area contributed by atoms with Gasteiger partial charge in [-0.15, -0.1) is 0 Å². The molecule has 0 saturated heterocycles. The maximum atomic E-state index is 12.8. The van der Waals surface area contributed by atoms with Gasteiger partial charge in [0.25, 0.3) is 0 Å². The lowest BCUT2D eigenvalue weighted by molar-refractivity contribution is -0.144. The molecule has 0 aromatic heterocycles. The van der Waals surface area contributed by atoms with E-state index in [9.17, 15) is 9.59 Å². The standard InChI is InChI=1S/C20H30N2O3/c1-4-14-22(15-5-2)19(24)20(11-12-20)18(23)21-13-10-16-6-8-17(25-3)9-7-16/h6-9H,4-5,10-15H2,1-3H3,(H,21,23). The fourth-order valence-corrected chi connectivity index (χ4v) is 3.10. The SMILES string of the molecule is CCCN(CCC)C(=O)C1(C(=O)NCCc2ccc(OC)cc2)CC1. The molecule has 5 nitrogen and oxygen atoms in total. The van der Waals surface area contributed by atoms with Crippen molar-refractivity contribution in [2.75, 3.05) is 26.7 Å². The number of hydrogen-bond acceptors (Lipinski definition) is 3. The smallest absolute Gasteiger partial charge is 0.238 e. The lowest BCUT2D eigenvalue weighted by atomic mass is 10.0. The Balaban J connectivity index is 1.87. The number of ether oxygens (including phenoxy) is 1. The number of methoxy groups -OCH3 is 1. The molecule has 0 spiro atoms. The largest absolute Gasteiger partial charge is 0.497 e. The molecule has 1 fully saturated rings. The van der Waals surface area contributed by atoms with E-state index in [1.807, 2.05) is 29.2 Å². The number of benzene rings is 1. The van der Waals surface area contributed by atoms with Gasteiger partial charge in [-0.1, -0.05) is 26.0 Å². The van der Waals surface area contributed by atoms with E-state index in [1.165, 1.54) is 0 Å². The second-order valence-corrected chi connectivity index (χ2v) is 6.73. The van der Waals surface area contributed by atoms with Crippen LogP contribution in [0.3, 0.4) is 0 Å². The van der Waals surface area contributed by atoms with Crippen LogP contribution in [0.5, 0.6) is 5.75 Å². The molecule has 2 amide bonds. The minimum atomic E-state index is -0.801. The summed E-state index contributed by atoms with van der Waals surface area (Å²) < 4.78 is 5.14. The number of nitrogens with zero attached hydrogens (tertiary/aromatic N) is 1. The van der Waals surface area contributed by atoms with Gasteiger partial charge >= 0.3 is 0 Å². The van der Waals surface area contributed by atoms with Crippen LogP contribution in [0.15, 0.2) is 24.3 Å². The Kier molecular flexibility index (Phi) is 6.85. The Labute approximate surface area is 150 Å². The van der Waals surface area contributed by atoms with Crippen LogP contribution in [0.4, 0.5) is 0 Å². The Hall–Kier alpha value is -2.04. The lowest BCUT2D eigenvalue weighted by Crippen LogP contribution is -2.46. The molecule has 2 rings (SSSR count). The van der Waals surface area contributed by atoms with Gasteiger partial charge in [0.1, 0.15) is 11.2 Å². The molecule has 0 unspecified atom stereocenters. The molecule has 1 aromatic rings. The van der Waals surface area contributed by atoms with Crippen LogP contribution in [-0.4, -0.2) is 43.5 Å². The molecule has 0 bridgehead atoms. The summed E-state index contributed by atoms with van der Waals surface area (Å²) in [6, 6.07) is 7.81. The minimum Gasteiger partial charge on any atom is -0.497 e. The second-order valence-electron chi connectivity index (χ2n) is 6.73. The highest BCUT2D eigenvalue weighted by Crippen LogP contribution is 2.47. The van der Waals surface area contributed by atoms with Gasteiger partial charge in [0.15, 0.2) is 0 Å². The molecule has 0 aliphatic heterocycles. The molecule has 1 aromatic carbocycles. The van der Waals surface area contributed by atoms with Crippen LogP contribution in [0.1, 0.15) is 45.1 Å². The van der Waals surface area contributed by atoms with Crippen LogP contribution in [0, 0.1) is 5.41 Å². The number of hydrogen-bond donors (Lipinski definition) is 1. The molecule has 1 aliphatic carbocycles. The molecule has 1 saturated carbocycles. The van der Waals surface area contributed by atoms with Gasteiger partial charge in [-0.25, -0.2) is 0 Å². The maximum Gasteiger partial charge on any atom is 0.238 e. The van der Waals surface area contributed by atoms with Crippen LogP contribution >= 0.6 is 0 Å². The second kappa shape index (κ2) is 8.88. The van der Waals surface area contributed by atoms with Gasteiger partial charge < -0.3 is 15.0 Å². The number of carbonyl (C=O) groups excluding carboxylic acids is 2. The van der Waals surface area contributed by atoms with E-state index >= 15 is 0 Å². The first kappa shape index (κ1) is 19.3. The average Bonchev–Trinajstić information content (AvgIpc) is 3.43. The molecule has 138 valence electrons.